The molecule has 0 N–H and O–H groups in total. The lowest BCUT2D eigenvalue weighted by Crippen LogP contribution is -2.39. The number of aryl methyl sites for hydroxylation is 4. The second-order valence-corrected chi connectivity index (χ2v) is 10.7. The largest absolute Gasteiger partial charge is 0.269 e. The van der Waals surface area contributed by atoms with Crippen LogP contribution in [0.15, 0.2) is 65.6 Å². The number of sulfonamides is 1. The molecule has 0 saturated heterocycles. The Morgan fingerprint density at radius 1 is 0.882 bits per heavy atom. The van der Waals surface area contributed by atoms with Crippen molar-refractivity contribution in [1.82, 2.24) is 4.31 Å². The van der Waals surface area contributed by atoms with Crippen molar-refractivity contribution in [3.05, 3.63) is 82.9 Å². The highest BCUT2D eigenvalue weighted by Gasteiger charge is 2.35. The quantitative estimate of drug-likeness (QED) is 0.278. The molecule has 1 aromatic heterocycles. The zero-order valence-electron chi connectivity index (χ0n) is 20.4. The third-order valence-electron chi connectivity index (χ3n) is 6.38. The molecule has 0 aliphatic rings. The molecule has 0 atom stereocenters. The minimum absolute atomic E-state index is 0.133. The maximum atomic E-state index is 14.2. The number of pyridine rings is 1. The third kappa shape index (κ3) is 3.96. The summed E-state index contributed by atoms with van der Waals surface area (Å²) in [5, 5.41) is 1.48. The molecule has 4 rings (SSSR count). The zero-order valence-corrected chi connectivity index (χ0v) is 21.2. The predicted octanol–water partition coefficient (Wildman–Crippen LogP) is 5.37. The fraction of sp³-hybridized carbons (Fsp3) is 0.286. The van der Waals surface area contributed by atoms with Crippen molar-refractivity contribution in [2.45, 2.75) is 45.4 Å². The van der Waals surface area contributed by atoms with E-state index in [-0.39, 0.29) is 11.4 Å². The van der Waals surface area contributed by atoms with Crippen LogP contribution in [0.1, 0.15) is 46.8 Å². The second kappa shape index (κ2) is 9.18. The van der Waals surface area contributed by atoms with Crippen molar-refractivity contribution < 1.29 is 17.8 Å². The van der Waals surface area contributed by atoms with Crippen molar-refractivity contribution in [3.63, 3.8) is 0 Å². The van der Waals surface area contributed by atoms with E-state index in [0.29, 0.717) is 23.1 Å². The topological polar surface area (TPSA) is 58.3 Å². The van der Waals surface area contributed by atoms with Crippen LogP contribution < -0.4 is 4.57 Å². The van der Waals surface area contributed by atoms with Gasteiger partial charge in [0.05, 0.1) is 21.2 Å². The lowest BCUT2D eigenvalue weighted by Gasteiger charge is -2.25. The number of unbranched alkanes of at least 4 members (excludes halogenated alkanes) is 1. The van der Waals surface area contributed by atoms with Crippen LogP contribution in [0.4, 0.5) is 0 Å². The first-order chi connectivity index (χ1) is 16.2. The predicted molar refractivity (Wildman–Crippen MR) is 136 cm³/mol. The van der Waals surface area contributed by atoms with Gasteiger partial charge in [-0.05, 0) is 50.5 Å². The molecule has 1 heterocycles. The molecule has 0 aliphatic heterocycles. The highest BCUT2D eigenvalue weighted by molar-refractivity contribution is 7.89. The average Bonchev–Trinajstić information content (AvgIpc) is 2.78. The summed E-state index contributed by atoms with van der Waals surface area (Å²) in [5.41, 5.74) is 4.47. The maximum Gasteiger partial charge on any atom is 0.269 e. The van der Waals surface area contributed by atoms with Gasteiger partial charge in [-0.3, -0.25) is 4.79 Å². The SMILES string of the molecule is CCCCN(C(=O)c1c2ccccc2[n+](C)c2ccccc12)S(=O)(=O)c1c(C)cc(C)cc1C. The summed E-state index contributed by atoms with van der Waals surface area (Å²) in [5.74, 6) is -0.485. The van der Waals surface area contributed by atoms with Gasteiger partial charge < -0.3 is 0 Å². The number of hydrogen-bond acceptors (Lipinski definition) is 3. The number of hydrogen-bond donors (Lipinski definition) is 0. The third-order valence-corrected chi connectivity index (χ3v) is 8.47. The van der Waals surface area contributed by atoms with Gasteiger partial charge in [-0.25, -0.2) is 12.7 Å². The monoisotopic (exact) mass is 475 g/mol. The minimum atomic E-state index is -4.07. The molecule has 0 aliphatic carbocycles. The molecular weight excluding hydrogens is 444 g/mol. The van der Waals surface area contributed by atoms with Crippen LogP contribution in [0.5, 0.6) is 0 Å². The Bertz CT molecular complexity index is 1440. The van der Waals surface area contributed by atoms with Gasteiger partial charge in [-0.15, -0.1) is 0 Å². The number of para-hydroxylation sites is 2. The summed E-state index contributed by atoms with van der Waals surface area (Å²) in [4.78, 5) is 14.5. The Kier molecular flexibility index (Phi) is 6.45. The molecule has 4 aromatic rings. The Hall–Kier alpha value is -3.25. The van der Waals surface area contributed by atoms with Gasteiger partial charge in [-0.1, -0.05) is 55.3 Å². The fourth-order valence-corrected chi connectivity index (χ4v) is 6.73. The summed E-state index contributed by atoms with van der Waals surface area (Å²) in [6.45, 7) is 7.66. The Labute approximate surface area is 201 Å². The van der Waals surface area contributed by atoms with Gasteiger partial charge in [0.15, 0.2) is 0 Å². The van der Waals surface area contributed by atoms with E-state index < -0.39 is 15.9 Å². The van der Waals surface area contributed by atoms with Crippen LogP contribution in [0.2, 0.25) is 0 Å². The molecule has 0 fully saturated rings. The normalized spacial score (nSPS) is 11.8. The molecule has 5 nitrogen and oxygen atoms in total. The van der Waals surface area contributed by atoms with Gasteiger partial charge in [0, 0.05) is 18.7 Å². The van der Waals surface area contributed by atoms with Crippen LogP contribution in [-0.4, -0.2) is 25.2 Å². The van der Waals surface area contributed by atoms with Gasteiger partial charge in [0.25, 0.3) is 15.9 Å². The molecular formula is C28H31N2O3S+. The van der Waals surface area contributed by atoms with E-state index >= 15 is 0 Å². The summed E-state index contributed by atoms with van der Waals surface area (Å²) >= 11 is 0. The van der Waals surface area contributed by atoms with Crippen LogP contribution in [0.3, 0.4) is 0 Å². The van der Waals surface area contributed by atoms with Crippen molar-refractivity contribution >= 4 is 37.7 Å². The summed E-state index contributed by atoms with van der Waals surface area (Å²) in [7, 11) is -2.11. The average molecular weight is 476 g/mol. The van der Waals surface area contributed by atoms with Gasteiger partial charge >= 0.3 is 0 Å². The van der Waals surface area contributed by atoms with Crippen LogP contribution in [0.25, 0.3) is 21.8 Å². The molecule has 0 bridgehead atoms. The second-order valence-electron chi connectivity index (χ2n) is 8.93. The first kappa shape index (κ1) is 23.9. The number of fused-ring (bicyclic) bond motifs is 2. The van der Waals surface area contributed by atoms with E-state index in [2.05, 4.69) is 0 Å². The van der Waals surface area contributed by atoms with E-state index in [9.17, 15) is 13.2 Å². The Morgan fingerprint density at radius 3 is 1.88 bits per heavy atom. The van der Waals surface area contributed by atoms with E-state index in [1.807, 2.05) is 86.1 Å². The number of amides is 1. The van der Waals surface area contributed by atoms with Gasteiger partial charge in [0.2, 0.25) is 11.0 Å². The Balaban J connectivity index is 2.01. The molecule has 0 radical (unpaired) electrons. The van der Waals surface area contributed by atoms with Crippen LogP contribution in [0, 0.1) is 20.8 Å². The highest BCUT2D eigenvalue weighted by atomic mass is 32.2. The summed E-state index contributed by atoms with van der Waals surface area (Å²) in [6, 6.07) is 19.0. The zero-order chi connectivity index (χ0) is 24.6. The molecule has 1 amide bonds. The molecule has 6 heteroatoms. The fourth-order valence-electron chi connectivity index (χ4n) is 4.90. The van der Waals surface area contributed by atoms with Gasteiger partial charge in [0.1, 0.15) is 7.05 Å². The lowest BCUT2D eigenvalue weighted by molar-refractivity contribution is -0.617. The van der Waals surface area contributed by atoms with E-state index in [1.165, 1.54) is 0 Å². The maximum absolute atomic E-state index is 14.2. The number of aromatic nitrogens is 1. The van der Waals surface area contributed by atoms with E-state index in [0.717, 1.165) is 38.1 Å². The Morgan fingerprint density at radius 2 is 1.38 bits per heavy atom. The van der Waals surface area contributed by atoms with Crippen LogP contribution >= 0.6 is 0 Å². The standard InChI is InChI=1S/C28H31N2O3S/c1-6-7-16-30(34(32,33)27-20(3)17-19(2)18-21(27)4)28(31)26-22-12-8-10-14-24(22)29(5)25-15-11-9-13-23(25)26/h8-15,17-18H,6-7,16H2,1-5H3/q+1. The molecule has 0 saturated carbocycles. The van der Waals surface area contributed by atoms with Gasteiger partial charge in [-0.2, -0.15) is 4.57 Å². The smallest absolute Gasteiger partial charge is 0.268 e. The number of benzene rings is 3. The number of carbonyl (C=O) groups excluding carboxylic acids is 1. The molecule has 0 unspecified atom stereocenters. The van der Waals surface area contributed by atoms with E-state index in [4.69, 9.17) is 0 Å². The lowest BCUT2D eigenvalue weighted by atomic mass is 10.0. The van der Waals surface area contributed by atoms with Crippen molar-refractivity contribution in [2.24, 2.45) is 7.05 Å². The molecule has 176 valence electrons. The minimum Gasteiger partial charge on any atom is -0.268 e. The molecule has 34 heavy (non-hydrogen) atoms. The van der Waals surface area contributed by atoms with Crippen molar-refractivity contribution in [1.29, 1.82) is 0 Å². The molecule has 0 spiro atoms. The van der Waals surface area contributed by atoms with Crippen LogP contribution in [-0.2, 0) is 17.1 Å². The summed E-state index contributed by atoms with van der Waals surface area (Å²) in [6.07, 6.45) is 1.36. The summed E-state index contributed by atoms with van der Waals surface area (Å²) < 4.78 is 31.2. The number of carbonyl (C=O) groups is 1. The highest BCUT2D eigenvalue weighted by Crippen LogP contribution is 2.31. The van der Waals surface area contributed by atoms with Crippen molar-refractivity contribution in [3.8, 4) is 0 Å². The van der Waals surface area contributed by atoms with Crippen molar-refractivity contribution in [2.75, 3.05) is 6.54 Å². The van der Waals surface area contributed by atoms with E-state index in [1.54, 1.807) is 13.8 Å². The number of rotatable bonds is 6. The molecule has 3 aromatic carbocycles. The first-order valence-electron chi connectivity index (χ1n) is 11.6. The number of nitrogens with zero attached hydrogens (tertiary/aromatic N) is 2. The first-order valence-corrected chi connectivity index (χ1v) is 13.1.